The first-order valence-corrected chi connectivity index (χ1v) is 9.11. The Morgan fingerprint density at radius 3 is 2.73 bits per heavy atom. The number of hydrogen-bond donors (Lipinski definition) is 1. The van der Waals surface area contributed by atoms with Crippen LogP contribution in [0.4, 0.5) is 5.82 Å². The van der Waals surface area contributed by atoms with Crippen molar-refractivity contribution in [3.8, 4) is 0 Å². The van der Waals surface area contributed by atoms with E-state index in [0.717, 1.165) is 35.6 Å². The average Bonchev–Trinajstić information content (AvgIpc) is 3.39. The second kappa shape index (κ2) is 6.12. The Kier molecular flexibility index (Phi) is 3.62. The van der Waals surface area contributed by atoms with Gasteiger partial charge in [0, 0.05) is 36.9 Å². The van der Waals surface area contributed by atoms with Crippen LogP contribution in [-0.2, 0) is 0 Å². The van der Waals surface area contributed by atoms with Gasteiger partial charge in [0.1, 0.15) is 5.58 Å². The number of carbonyl (C=O) groups is 1. The number of hydrogen-bond acceptors (Lipinski definition) is 5. The fraction of sp³-hybridized carbons (Fsp3) is 0.350. The zero-order valence-electron chi connectivity index (χ0n) is 14.4. The lowest BCUT2D eigenvalue weighted by Crippen LogP contribution is -2.51. The molecule has 6 nitrogen and oxygen atoms in total. The fourth-order valence-electron chi connectivity index (χ4n) is 3.40. The number of anilines is 1. The molecule has 2 aliphatic rings. The van der Waals surface area contributed by atoms with Crippen LogP contribution < -0.4 is 10.2 Å². The summed E-state index contributed by atoms with van der Waals surface area (Å²) in [5.41, 5.74) is 1.85. The number of fused-ring (bicyclic) bond motifs is 1. The molecule has 1 amide bonds. The molecule has 0 atom stereocenters. The van der Waals surface area contributed by atoms with Crippen molar-refractivity contribution in [2.24, 2.45) is 5.92 Å². The van der Waals surface area contributed by atoms with Gasteiger partial charge < -0.3 is 14.6 Å². The summed E-state index contributed by atoms with van der Waals surface area (Å²) >= 11 is 0. The maximum Gasteiger partial charge on any atom is 0.287 e. The first-order valence-electron chi connectivity index (χ1n) is 9.11. The normalized spacial score (nSPS) is 17.3. The van der Waals surface area contributed by atoms with Crippen LogP contribution in [0.5, 0.6) is 0 Å². The predicted molar refractivity (Wildman–Crippen MR) is 98.3 cm³/mol. The molecule has 1 N–H and O–H groups in total. The number of carbonyl (C=O) groups excluding carboxylic acids is 1. The van der Waals surface area contributed by atoms with Gasteiger partial charge in [0.15, 0.2) is 11.6 Å². The molecule has 1 saturated heterocycles. The van der Waals surface area contributed by atoms with Gasteiger partial charge in [-0.15, -0.1) is 5.10 Å². The Bertz CT molecular complexity index is 907. The molecule has 2 fully saturated rings. The molecule has 0 spiro atoms. The van der Waals surface area contributed by atoms with Crippen LogP contribution in [0, 0.1) is 5.92 Å². The minimum Gasteiger partial charge on any atom is -0.451 e. The molecule has 2 aromatic heterocycles. The lowest BCUT2D eigenvalue weighted by atomic mass is 10.00. The quantitative estimate of drug-likeness (QED) is 0.767. The van der Waals surface area contributed by atoms with Crippen molar-refractivity contribution in [2.45, 2.75) is 18.8 Å². The van der Waals surface area contributed by atoms with Crippen molar-refractivity contribution in [1.82, 2.24) is 15.5 Å². The summed E-state index contributed by atoms with van der Waals surface area (Å²) < 4.78 is 5.60. The van der Waals surface area contributed by atoms with E-state index in [1.807, 2.05) is 24.3 Å². The van der Waals surface area contributed by atoms with Crippen LogP contribution in [0.1, 0.15) is 35.0 Å². The summed E-state index contributed by atoms with van der Waals surface area (Å²) in [6.07, 6.45) is 2.48. The van der Waals surface area contributed by atoms with Gasteiger partial charge in [-0.3, -0.25) is 4.79 Å². The van der Waals surface area contributed by atoms with Crippen LogP contribution in [0.15, 0.2) is 46.9 Å². The summed E-state index contributed by atoms with van der Waals surface area (Å²) in [5, 5.41) is 12.6. The Labute approximate surface area is 151 Å². The summed E-state index contributed by atoms with van der Waals surface area (Å²) in [4.78, 5) is 14.5. The largest absolute Gasteiger partial charge is 0.451 e. The Hall–Kier alpha value is -2.89. The third-order valence-electron chi connectivity index (χ3n) is 5.15. The molecule has 3 aromatic rings. The number of amides is 1. The van der Waals surface area contributed by atoms with Crippen molar-refractivity contribution >= 4 is 22.7 Å². The average molecular weight is 348 g/mol. The first kappa shape index (κ1) is 15.4. The van der Waals surface area contributed by atoms with E-state index in [2.05, 4.69) is 32.5 Å². The highest BCUT2D eigenvalue weighted by atomic mass is 16.3. The third kappa shape index (κ3) is 2.92. The molecule has 1 aromatic carbocycles. The van der Waals surface area contributed by atoms with Gasteiger partial charge in [-0.2, -0.15) is 5.10 Å². The van der Waals surface area contributed by atoms with Gasteiger partial charge in [0.25, 0.3) is 5.91 Å². The van der Waals surface area contributed by atoms with Gasteiger partial charge in [0.05, 0.1) is 5.69 Å². The fourth-order valence-corrected chi connectivity index (χ4v) is 3.40. The molecular weight excluding hydrogens is 328 g/mol. The van der Waals surface area contributed by atoms with E-state index in [9.17, 15) is 4.79 Å². The zero-order valence-corrected chi connectivity index (χ0v) is 14.4. The number of nitrogens with one attached hydrogen (secondary N) is 1. The molecule has 0 bridgehead atoms. The van der Waals surface area contributed by atoms with Crippen molar-refractivity contribution in [3.63, 3.8) is 0 Å². The number of rotatable bonds is 5. The van der Waals surface area contributed by atoms with Crippen molar-refractivity contribution < 1.29 is 9.21 Å². The monoisotopic (exact) mass is 348 g/mol. The first-order chi connectivity index (χ1) is 12.8. The molecule has 1 aliphatic carbocycles. The zero-order chi connectivity index (χ0) is 17.5. The number of aromatic nitrogens is 2. The molecule has 3 heterocycles. The Morgan fingerprint density at radius 1 is 1.15 bits per heavy atom. The van der Waals surface area contributed by atoms with E-state index in [-0.39, 0.29) is 5.91 Å². The summed E-state index contributed by atoms with van der Waals surface area (Å²) in [7, 11) is 0. The van der Waals surface area contributed by atoms with Crippen LogP contribution in [0.25, 0.3) is 11.0 Å². The molecule has 5 rings (SSSR count). The van der Waals surface area contributed by atoms with E-state index in [0.29, 0.717) is 24.1 Å². The maximum atomic E-state index is 12.3. The van der Waals surface area contributed by atoms with Gasteiger partial charge in [-0.1, -0.05) is 18.2 Å². The summed E-state index contributed by atoms with van der Waals surface area (Å²) in [6.45, 7) is 2.41. The highest BCUT2D eigenvalue weighted by Gasteiger charge is 2.30. The topological polar surface area (TPSA) is 71.3 Å². The summed E-state index contributed by atoms with van der Waals surface area (Å²) in [5.74, 6) is 2.19. The van der Waals surface area contributed by atoms with E-state index >= 15 is 0 Å². The van der Waals surface area contributed by atoms with Gasteiger partial charge in [-0.05, 0) is 37.1 Å². The predicted octanol–water partition coefficient (Wildman–Crippen LogP) is 2.97. The molecule has 1 saturated carbocycles. The minimum absolute atomic E-state index is 0.159. The van der Waals surface area contributed by atoms with E-state index in [1.54, 1.807) is 6.07 Å². The molecule has 132 valence electrons. The lowest BCUT2D eigenvalue weighted by molar-refractivity contribution is 0.0919. The second-order valence-corrected chi connectivity index (χ2v) is 7.22. The molecule has 0 unspecified atom stereocenters. The molecular formula is C20H20N4O2. The number of para-hydroxylation sites is 1. The van der Waals surface area contributed by atoms with Gasteiger partial charge >= 0.3 is 0 Å². The highest BCUT2D eigenvalue weighted by molar-refractivity contribution is 5.96. The highest BCUT2D eigenvalue weighted by Crippen LogP contribution is 2.38. The third-order valence-corrected chi connectivity index (χ3v) is 5.15. The molecule has 1 aliphatic heterocycles. The van der Waals surface area contributed by atoms with Gasteiger partial charge in [-0.25, -0.2) is 0 Å². The lowest BCUT2D eigenvalue weighted by Gasteiger charge is -2.39. The van der Waals surface area contributed by atoms with E-state index in [1.165, 1.54) is 12.8 Å². The van der Waals surface area contributed by atoms with Crippen molar-refractivity contribution in [3.05, 3.63) is 53.9 Å². The van der Waals surface area contributed by atoms with Crippen LogP contribution in [0.3, 0.4) is 0 Å². The van der Waals surface area contributed by atoms with E-state index < -0.39 is 0 Å². The minimum atomic E-state index is -0.159. The Balaban J connectivity index is 1.13. The van der Waals surface area contributed by atoms with Crippen molar-refractivity contribution in [1.29, 1.82) is 0 Å². The van der Waals surface area contributed by atoms with Crippen LogP contribution in [0.2, 0.25) is 0 Å². The number of nitrogens with zero attached hydrogens (tertiary/aromatic N) is 3. The molecule has 6 heteroatoms. The summed E-state index contributed by atoms with van der Waals surface area (Å²) in [6, 6.07) is 13.6. The standard InChI is InChI=1S/C20H20N4O2/c25-20(18-9-15-3-1-2-4-17(15)26-18)21-10-13-11-24(12-13)19-8-7-16(22-23-19)14-5-6-14/h1-4,7-9,13-14H,5-6,10-12H2,(H,21,25). The van der Waals surface area contributed by atoms with Crippen molar-refractivity contribution in [2.75, 3.05) is 24.5 Å². The SMILES string of the molecule is O=C(NCC1CN(c2ccc(C3CC3)nn2)C1)c1cc2ccccc2o1. The molecule has 26 heavy (non-hydrogen) atoms. The smallest absolute Gasteiger partial charge is 0.287 e. The van der Waals surface area contributed by atoms with Gasteiger partial charge in [0.2, 0.25) is 0 Å². The van der Waals surface area contributed by atoms with Crippen LogP contribution in [-0.4, -0.2) is 35.7 Å². The Morgan fingerprint density at radius 2 is 2.00 bits per heavy atom. The maximum absolute atomic E-state index is 12.3. The second-order valence-electron chi connectivity index (χ2n) is 7.22. The van der Waals surface area contributed by atoms with Crippen LogP contribution >= 0.6 is 0 Å². The number of benzene rings is 1. The van der Waals surface area contributed by atoms with E-state index in [4.69, 9.17) is 4.42 Å². The number of furan rings is 1. The molecule has 0 radical (unpaired) electrons.